The van der Waals surface area contributed by atoms with Crippen LogP contribution in [0.2, 0.25) is 0 Å². The molecule has 40 heavy (non-hydrogen) atoms. The van der Waals surface area contributed by atoms with E-state index in [1.807, 2.05) is 60.7 Å². The molecule has 210 valence electrons. The topological polar surface area (TPSA) is 99.3 Å². The predicted octanol–water partition coefficient (Wildman–Crippen LogP) is 4.49. The molecule has 2 aliphatic rings. The van der Waals surface area contributed by atoms with Crippen molar-refractivity contribution in [1.82, 2.24) is 21.3 Å². The molecule has 0 spiro atoms. The SMILES string of the molecule is O=C(NC1(C(=O)N[C@H](Cc2ccccc2)C(=O)NCC2CCNCC2)CCCC1)c1ccc2cc(Br)ccc2c1. The summed E-state index contributed by atoms with van der Waals surface area (Å²) in [6.07, 6.45) is 5.19. The molecule has 3 aromatic carbocycles. The highest BCUT2D eigenvalue weighted by atomic mass is 79.9. The van der Waals surface area contributed by atoms with Crippen molar-refractivity contribution in [3.63, 3.8) is 0 Å². The molecule has 1 saturated heterocycles. The molecule has 1 atom stereocenters. The van der Waals surface area contributed by atoms with Crippen molar-refractivity contribution in [1.29, 1.82) is 0 Å². The molecule has 0 aromatic heterocycles. The van der Waals surface area contributed by atoms with Crippen LogP contribution in [0.1, 0.15) is 54.4 Å². The highest BCUT2D eigenvalue weighted by molar-refractivity contribution is 9.10. The lowest BCUT2D eigenvalue weighted by atomic mass is 9.93. The molecule has 3 amide bonds. The van der Waals surface area contributed by atoms with E-state index in [0.29, 0.717) is 37.3 Å². The molecule has 4 N–H and O–H groups in total. The van der Waals surface area contributed by atoms with Gasteiger partial charge in [0.15, 0.2) is 0 Å². The summed E-state index contributed by atoms with van der Waals surface area (Å²) < 4.78 is 0.976. The summed E-state index contributed by atoms with van der Waals surface area (Å²) >= 11 is 3.49. The zero-order valence-electron chi connectivity index (χ0n) is 22.7. The van der Waals surface area contributed by atoms with Crippen molar-refractivity contribution in [2.75, 3.05) is 19.6 Å². The maximum atomic E-state index is 13.9. The van der Waals surface area contributed by atoms with Crippen molar-refractivity contribution in [2.45, 2.75) is 56.5 Å². The van der Waals surface area contributed by atoms with Gasteiger partial charge in [-0.25, -0.2) is 0 Å². The van der Waals surface area contributed by atoms with Crippen molar-refractivity contribution in [2.24, 2.45) is 5.92 Å². The minimum Gasteiger partial charge on any atom is -0.354 e. The van der Waals surface area contributed by atoms with E-state index >= 15 is 0 Å². The minimum absolute atomic E-state index is 0.184. The second-order valence-corrected chi connectivity index (χ2v) is 12.0. The molecule has 1 saturated carbocycles. The number of hydrogen-bond donors (Lipinski definition) is 4. The molecule has 0 radical (unpaired) electrons. The summed E-state index contributed by atoms with van der Waals surface area (Å²) in [5, 5.41) is 14.5. The number of halogens is 1. The fraction of sp³-hybridized carbons (Fsp3) is 0.406. The molecule has 3 aromatic rings. The number of carbonyl (C=O) groups is 3. The molecular formula is C32H37BrN4O3. The third-order valence-corrected chi connectivity index (χ3v) is 8.73. The lowest BCUT2D eigenvalue weighted by molar-refractivity contribution is -0.132. The van der Waals surface area contributed by atoms with Crippen LogP contribution < -0.4 is 21.3 Å². The normalized spacial score (nSPS) is 17.7. The van der Waals surface area contributed by atoms with Gasteiger partial charge in [-0.15, -0.1) is 0 Å². The van der Waals surface area contributed by atoms with Crippen LogP contribution in [0, 0.1) is 5.92 Å². The Morgan fingerprint density at radius 1 is 0.925 bits per heavy atom. The van der Waals surface area contributed by atoms with Gasteiger partial charge in [-0.05, 0) is 85.3 Å². The van der Waals surface area contributed by atoms with Gasteiger partial charge >= 0.3 is 0 Å². The molecular weight excluding hydrogens is 568 g/mol. The van der Waals surface area contributed by atoms with Crippen LogP contribution in [0.15, 0.2) is 71.2 Å². The Balaban J connectivity index is 1.31. The predicted molar refractivity (Wildman–Crippen MR) is 161 cm³/mol. The number of hydrogen-bond acceptors (Lipinski definition) is 4. The maximum absolute atomic E-state index is 13.9. The van der Waals surface area contributed by atoms with Crippen molar-refractivity contribution in [3.8, 4) is 0 Å². The lowest BCUT2D eigenvalue weighted by Gasteiger charge is -2.31. The van der Waals surface area contributed by atoms with Crippen LogP contribution in [0.5, 0.6) is 0 Å². The molecule has 1 aliphatic heterocycles. The van der Waals surface area contributed by atoms with E-state index in [4.69, 9.17) is 0 Å². The van der Waals surface area contributed by atoms with Gasteiger partial charge < -0.3 is 21.3 Å². The number of nitrogens with one attached hydrogen (secondary N) is 4. The van der Waals surface area contributed by atoms with E-state index in [1.54, 1.807) is 6.07 Å². The molecule has 2 fully saturated rings. The Morgan fingerprint density at radius 2 is 1.62 bits per heavy atom. The Labute approximate surface area is 244 Å². The number of fused-ring (bicyclic) bond motifs is 1. The Kier molecular flexibility index (Phi) is 9.17. The van der Waals surface area contributed by atoms with Gasteiger partial charge in [-0.3, -0.25) is 14.4 Å². The molecule has 0 bridgehead atoms. The van der Waals surface area contributed by atoms with Gasteiger partial charge in [-0.1, -0.05) is 71.2 Å². The number of amides is 3. The first-order valence-corrected chi connectivity index (χ1v) is 15.1. The second kappa shape index (κ2) is 13.0. The van der Waals surface area contributed by atoms with Crippen LogP contribution in [-0.4, -0.2) is 48.9 Å². The van der Waals surface area contributed by atoms with E-state index in [2.05, 4.69) is 37.2 Å². The van der Waals surface area contributed by atoms with Crippen molar-refractivity contribution < 1.29 is 14.4 Å². The fourth-order valence-electron chi connectivity index (χ4n) is 5.84. The zero-order chi connectivity index (χ0) is 28.0. The average molecular weight is 606 g/mol. The van der Waals surface area contributed by atoms with Crippen molar-refractivity contribution in [3.05, 3.63) is 82.3 Å². The molecule has 0 unspecified atom stereocenters. The van der Waals surface area contributed by atoms with E-state index < -0.39 is 11.6 Å². The van der Waals surface area contributed by atoms with E-state index in [-0.39, 0.29) is 17.7 Å². The molecule has 1 heterocycles. The first kappa shape index (κ1) is 28.3. The third kappa shape index (κ3) is 6.91. The molecule has 8 heteroatoms. The molecule has 1 aliphatic carbocycles. The zero-order valence-corrected chi connectivity index (χ0v) is 24.3. The number of carbonyl (C=O) groups excluding carboxylic acids is 3. The monoisotopic (exact) mass is 604 g/mol. The Morgan fingerprint density at radius 3 is 2.38 bits per heavy atom. The fourth-order valence-corrected chi connectivity index (χ4v) is 6.22. The summed E-state index contributed by atoms with van der Waals surface area (Å²) in [7, 11) is 0. The first-order chi connectivity index (χ1) is 19.4. The highest BCUT2D eigenvalue weighted by Gasteiger charge is 2.44. The summed E-state index contributed by atoms with van der Waals surface area (Å²) in [6, 6.07) is 20.5. The quantitative estimate of drug-likeness (QED) is 0.289. The smallest absolute Gasteiger partial charge is 0.252 e. The summed E-state index contributed by atoms with van der Waals surface area (Å²) in [5.74, 6) is -0.324. The minimum atomic E-state index is -1.05. The van der Waals surface area contributed by atoms with E-state index in [9.17, 15) is 14.4 Å². The number of piperidine rings is 1. The number of rotatable bonds is 9. The first-order valence-electron chi connectivity index (χ1n) is 14.3. The third-order valence-electron chi connectivity index (χ3n) is 8.24. The van der Waals surface area contributed by atoms with Crippen LogP contribution in [0.3, 0.4) is 0 Å². The van der Waals surface area contributed by atoms with Gasteiger partial charge in [0.2, 0.25) is 11.8 Å². The highest BCUT2D eigenvalue weighted by Crippen LogP contribution is 2.31. The van der Waals surface area contributed by atoms with Crippen LogP contribution in [0.25, 0.3) is 10.8 Å². The molecule has 5 rings (SSSR count). The van der Waals surface area contributed by atoms with Crippen LogP contribution in [-0.2, 0) is 16.0 Å². The van der Waals surface area contributed by atoms with Gasteiger partial charge in [0.25, 0.3) is 5.91 Å². The number of benzene rings is 3. The summed E-state index contributed by atoms with van der Waals surface area (Å²) in [5.41, 5.74) is 0.433. The average Bonchev–Trinajstić information content (AvgIpc) is 3.46. The largest absolute Gasteiger partial charge is 0.354 e. The van der Waals surface area contributed by atoms with E-state index in [0.717, 1.165) is 59.6 Å². The Hall–Kier alpha value is -3.23. The summed E-state index contributed by atoms with van der Waals surface area (Å²) in [4.78, 5) is 40.7. The van der Waals surface area contributed by atoms with Gasteiger partial charge in [0.1, 0.15) is 11.6 Å². The Bertz CT molecular complexity index is 1350. The van der Waals surface area contributed by atoms with Crippen LogP contribution >= 0.6 is 15.9 Å². The van der Waals surface area contributed by atoms with Crippen molar-refractivity contribution >= 4 is 44.4 Å². The maximum Gasteiger partial charge on any atom is 0.252 e. The second-order valence-electron chi connectivity index (χ2n) is 11.1. The summed E-state index contributed by atoms with van der Waals surface area (Å²) in [6.45, 7) is 2.52. The van der Waals surface area contributed by atoms with Gasteiger partial charge in [-0.2, -0.15) is 0 Å². The van der Waals surface area contributed by atoms with Gasteiger partial charge in [0.05, 0.1) is 0 Å². The standard InChI is InChI=1S/C32H37BrN4O3/c33-27-11-10-24-19-26(9-8-25(24)20-27)29(38)37-32(14-4-5-15-32)31(40)36-28(18-22-6-2-1-3-7-22)30(39)35-21-23-12-16-34-17-13-23/h1-3,6-11,19-20,23,28,34H,4-5,12-18,21H2,(H,35,39)(H,36,40)(H,37,38)/t28-/m1/s1. The van der Waals surface area contributed by atoms with E-state index in [1.165, 1.54) is 0 Å². The van der Waals surface area contributed by atoms with Gasteiger partial charge in [0, 0.05) is 23.0 Å². The van der Waals surface area contributed by atoms with Crippen LogP contribution in [0.4, 0.5) is 0 Å². The lowest BCUT2D eigenvalue weighted by Crippen LogP contribution is -2.61. The molecule has 7 nitrogen and oxygen atoms in total.